The molecule has 0 heterocycles. The molecule has 2 aromatic carbocycles. The first-order chi connectivity index (χ1) is 10.0. The predicted molar refractivity (Wildman–Crippen MR) is 76.3 cm³/mol. The van der Waals surface area contributed by atoms with Crippen molar-refractivity contribution in [3.8, 4) is 11.5 Å². The third-order valence-electron chi connectivity index (χ3n) is 3.10. The van der Waals surface area contributed by atoms with E-state index in [-0.39, 0.29) is 18.2 Å². The van der Waals surface area contributed by atoms with E-state index < -0.39 is 11.6 Å². The third kappa shape index (κ3) is 3.70. The van der Waals surface area contributed by atoms with Crippen LogP contribution in [0.2, 0.25) is 0 Å². The minimum Gasteiger partial charge on any atom is -0.493 e. The molecule has 0 radical (unpaired) electrons. The fourth-order valence-corrected chi connectivity index (χ4v) is 1.90. The number of ether oxygens (including phenoxy) is 2. The number of halogens is 2. The second-order valence-corrected chi connectivity index (χ2v) is 4.72. The van der Waals surface area contributed by atoms with Crippen LogP contribution < -0.4 is 15.2 Å². The summed E-state index contributed by atoms with van der Waals surface area (Å²) in [5, 5.41) is 0. The smallest absolute Gasteiger partial charge is 0.161 e. The first-order valence-corrected chi connectivity index (χ1v) is 6.51. The molecule has 0 aliphatic rings. The summed E-state index contributed by atoms with van der Waals surface area (Å²) >= 11 is 0. The molecule has 0 aromatic heterocycles. The molecule has 1 atom stereocenters. The standard InChI is InChI=1S/C16H17F2NO2/c1-10(19)11-3-6-15(16(8-11)20-2)21-9-12-7-13(17)4-5-14(12)18/h3-8,10H,9,19H2,1-2H3/t10-/m0/s1. The first-order valence-electron chi connectivity index (χ1n) is 6.51. The Morgan fingerprint density at radius 2 is 1.86 bits per heavy atom. The van der Waals surface area contributed by atoms with Crippen molar-refractivity contribution in [3.63, 3.8) is 0 Å². The SMILES string of the molecule is COc1cc([C@H](C)N)ccc1OCc1cc(F)ccc1F. The predicted octanol–water partition coefficient (Wildman–Crippen LogP) is 3.57. The van der Waals surface area contributed by atoms with Crippen molar-refractivity contribution >= 4 is 0 Å². The second-order valence-electron chi connectivity index (χ2n) is 4.72. The summed E-state index contributed by atoms with van der Waals surface area (Å²) in [7, 11) is 1.51. The van der Waals surface area contributed by atoms with E-state index in [0.29, 0.717) is 11.5 Å². The first kappa shape index (κ1) is 15.3. The highest BCUT2D eigenvalue weighted by molar-refractivity contribution is 5.43. The lowest BCUT2D eigenvalue weighted by atomic mass is 10.1. The minimum absolute atomic E-state index is 0.0858. The van der Waals surface area contributed by atoms with Crippen molar-refractivity contribution in [1.82, 2.24) is 0 Å². The summed E-state index contributed by atoms with van der Waals surface area (Å²) in [6, 6.07) is 8.40. The maximum Gasteiger partial charge on any atom is 0.161 e. The maximum absolute atomic E-state index is 13.5. The number of benzene rings is 2. The third-order valence-corrected chi connectivity index (χ3v) is 3.10. The lowest BCUT2D eigenvalue weighted by Crippen LogP contribution is -2.06. The van der Waals surface area contributed by atoms with Crippen LogP contribution in [0.25, 0.3) is 0 Å². The van der Waals surface area contributed by atoms with Crippen molar-refractivity contribution < 1.29 is 18.3 Å². The van der Waals surface area contributed by atoms with Gasteiger partial charge >= 0.3 is 0 Å². The van der Waals surface area contributed by atoms with Gasteiger partial charge in [0.1, 0.15) is 18.2 Å². The largest absolute Gasteiger partial charge is 0.493 e. The van der Waals surface area contributed by atoms with Crippen molar-refractivity contribution in [2.45, 2.75) is 19.6 Å². The van der Waals surface area contributed by atoms with E-state index in [9.17, 15) is 8.78 Å². The summed E-state index contributed by atoms with van der Waals surface area (Å²) < 4.78 is 37.4. The highest BCUT2D eigenvalue weighted by Gasteiger charge is 2.10. The van der Waals surface area contributed by atoms with Crippen LogP contribution in [0.3, 0.4) is 0 Å². The number of hydrogen-bond donors (Lipinski definition) is 1. The van der Waals surface area contributed by atoms with E-state index in [2.05, 4.69) is 0 Å². The zero-order chi connectivity index (χ0) is 15.4. The summed E-state index contributed by atoms with van der Waals surface area (Å²) in [5.41, 5.74) is 6.85. The van der Waals surface area contributed by atoms with Gasteiger partial charge in [-0.05, 0) is 42.8 Å². The Morgan fingerprint density at radius 1 is 1.10 bits per heavy atom. The van der Waals surface area contributed by atoms with E-state index in [1.807, 2.05) is 13.0 Å². The molecule has 0 fully saturated rings. The quantitative estimate of drug-likeness (QED) is 0.916. The molecule has 0 amide bonds. The van der Waals surface area contributed by atoms with Gasteiger partial charge in [-0.3, -0.25) is 0 Å². The summed E-state index contributed by atoms with van der Waals surface area (Å²) in [6.07, 6.45) is 0. The van der Waals surface area contributed by atoms with Gasteiger partial charge in [0.05, 0.1) is 7.11 Å². The van der Waals surface area contributed by atoms with Crippen LogP contribution >= 0.6 is 0 Å². The Hall–Kier alpha value is -2.14. The van der Waals surface area contributed by atoms with Gasteiger partial charge in [0.25, 0.3) is 0 Å². The van der Waals surface area contributed by atoms with E-state index in [1.54, 1.807) is 12.1 Å². The molecule has 2 rings (SSSR count). The average molecular weight is 293 g/mol. The van der Waals surface area contributed by atoms with Gasteiger partial charge in [0, 0.05) is 11.6 Å². The van der Waals surface area contributed by atoms with Gasteiger partial charge in [-0.25, -0.2) is 8.78 Å². The molecule has 21 heavy (non-hydrogen) atoms. The molecule has 2 aromatic rings. The molecule has 2 N–H and O–H groups in total. The van der Waals surface area contributed by atoms with Crippen LogP contribution in [0.4, 0.5) is 8.78 Å². The molecular weight excluding hydrogens is 276 g/mol. The van der Waals surface area contributed by atoms with E-state index in [1.165, 1.54) is 7.11 Å². The van der Waals surface area contributed by atoms with Gasteiger partial charge in [-0.1, -0.05) is 6.07 Å². The Balaban J connectivity index is 2.18. The van der Waals surface area contributed by atoms with E-state index >= 15 is 0 Å². The molecule has 112 valence electrons. The Kier molecular flexibility index (Phi) is 4.75. The maximum atomic E-state index is 13.5. The fraction of sp³-hybridized carbons (Fsp3) is 0.250. The molecule has 5 heteroatoms. The zero-order valence-corrected chi connectivity index (χ0v) is 11.9. The van der Waals surface area contributed by atoms with Gasteiger partial charge in [0.15, 0.2) is 11.5 Å². The molecular formula is C16H17F2NO2. The monoisotopic (exact) mass is 293 g/mol. The Bertz CT molecular complexity index is 630. The van der Waals surface area contributed by atoms with Gasteiger partial charge < -0.3 is 15.2 Å². The highest BCUT2D eigenvalue weighted by Crippen LogP contribution is 2.30. The molecule has 0 aliphatic carbocycles. The average Bonchev–Trinajstić information content (AvgIpc) is 2.47. The molecule has 3 nitrogen and oxygen atoms in total. The van der Waals surface area contributed by atoms with Crippen molar-refractivity contribution in [3.05, 3.63) is 59.2 Å². The van der Waals surface area contributed by atoms with Crippen molar-refractivity contribution in [2.75, 3.05) is 7.11 Å². The normalized spacial score (nSPS) is 12.0. The van der Waals surface area contributed by atoms with E-state index in [0.717, 1.165) is 23.8 Å². The van der Waals surface area contributed by atoms with Gasteiger partial charge in [-0.2, -0.15) is 0 Å². The van der Waals surface area contributed by atoms with Crippen LogP contribution in [-0.4, -0.2) is 7.11 Å². The zero-order valence-electron chi connectivity index (χ0n) is 11.9. The fourth-order valence-electron chi connectivity index (χ4n) is 1.90. The van der Waals surface area contributed by atoms with Gasteiger partial charge in [-0.15, -0.1) is 0 Å². The lowest BCUT2D eigenvalue weighted by Gasteiger charge is -2.14. The number of rotatable bonds is 5. The van der Waals surface area contributed by atoms with Crippen LogP contribution in [0.1, 0.15) is 24.1 Å². The van der Waals surface area contributed by atoms with Crippen LogP contribution in [0.5, 0.6) is 11.5 Å². The lowest BCUT2D eigenvalue weighted by molar-refractivity contribution is 0.279. The van der Waals surface area contributed by atoms with Gasteiger partial charge in [0.2, 0.25) is 0 Å². The van der Waals surface area contributed by atoms with Crippen LogP contribution in [-0.2, 0) is 6.61 Å². The summed E-state index contributed by atoms with van der Waals surface area (Å²) in [6.45, 7) is 1.77. The number of hydrogen-bond acceptors (Lipinski definition) is 3. The topological polar surface area (TPSA) is 44.5 Å². The Labute approximate surface area is 122 Å². The van der Waals surface area contributed by atoms with Crippen molar-refractivity contribution in [2.24, 2.45) is 5.73 Å². The Morgan fingerprint density at radius 3 is 2.52 bits per heavy atom. The van der Waals surface area contributed by atoms with Crippen molar-refractivity contribution in [1.29, 1.82) is 0 Å². The number of methoxy groups -OCH3 is 1. The number of nitrogens with two attached hydrogens (primary N) is 1. The highest BCUT2D eigenvalue weighted by atomic mass is 19.1. The summed E-state index contributed by atoms with van der Waals surface area (Å²) in [5.74, 6) is -0.0657. The molecule has 0 saturated heterocycles. The molecule has 0 unspecified atom stereocenters. The van der Waals surface area contributed by atoms with Crippen LogP contribution in [0.15, 0.2) is 36.4 Å². The second kappa shape index (κ2) is 6.54. The minimum atomic E-state index is -0.512. The van der Waals surface area contributed by atoms with E-state index in [4.69, 9.17) is 15.2 Å². The molecule has 0 aliphatic heterocycles. The molecule has 0 spiro atoms. The van der Waals surface area contributed by atoms with Crippen LogP contribution in [0, 0.1) is 11.6 Å². The molecule has 0 bridgehead atoms. The molecule has 0 saturated carbocycles. The summed E-state index contributed by atoms with van der Waals surface area (Å²) in [4.78, 5) is 0.